The van der Waals surface area contributed by atoms with Crippen LogP contribution in [0.25, 0.3) is 17.2 Å². The van der Waals surface area contributed by atoms with Crippen LogP contribution in [0.2, 0.25) is 0 Å². The summed E-state index contributed by atoms with van der Waals surface area (Å²) < 4.78 is 10.6. The number of carbonyl (C=O) groups excluding carboxylic acids is 1. The number of benzene rings is 2. The maximum atomic E-state index is 10.7. The molecular weight excluding hydrogens is 278 g/mol. The lowest BCUT2D eigenvalue weighted by Gasteiger charge is -2.12. The van der Waals surface area contributed by atoms with Crippen LogP contribution in [0.5, 0.6) is 5.75 Å². The summed E-state index contributed by atoms with van der Waals surface area (Å²) in [7, 11) is 1.60. The molecule has 0 heterocycles. The Kier molecular flexibility index (Phi) is 5.33. The summed E-state index contributed by atoms with van der Waals surface area (Å²) in [6.07, 6.45) is 2.76. The first-order valence-electron chi connectivity index (χ1n) is 6.96. The number of ether oxygens (including phenoxy) is 2. The minimum absolute atomic E-state index is 0.276. The molecule has 0 saturated carbocycles. The lowest BCUT2D eigenvalue weighted by molar-refractivity contribution is -0.113. The number of hydrogen-bond donors (Lipinski definition) is 1. The third kappa shape index (κ3) is 4.46. The smallest absolute Gasteiger partial charge is 0.241 e. The second-order valence-corrected chi connectivity index (χ2v) is 4.80. The molecule has 4 nitrogen and oxygen atoms in total. The molecule has 2 aromatic carbocycles. The highest BCUT2D eigenvalue weighted by molar-refractivity contribution is 5.90. The molecule has 2 aromatic rings. The summed E-state index contributed by atoms with van der Waals surface area (Å²) in [4.78, 5) is 10.7. The zero-order valence-electron chi connectivity index (χ0n) is 12.7. The van der Waals surface area contributed by atoms with E-state index < -0.39 is 5.91 Å². The number of carbonyl (C=O) groups is 1. The largest absolute Gasteiger partial charge is 0.465 e. The van der Waals surface area contributed by atoms with Crippen LogP contribution in [0.4, 0.5) is 0 Å². The maximum Gasteiger partial charge on any atom is 0.241 e. The summed E-state index contributed by atoms with van der Waals surface area (Å²) in [6, 6.07) is 15.7. The Hall–Kier alpha value is -2.59. The van der Waals surface area contributed by atoms with Crippen molar-refractivity contribution in [2.75, 3.05) is 7.11 Å². The summed E-state index contributed by atoms with van der Waals surface area (Å²) in [5, 5.41) is 0. The number of methoxy groups -OCH3 is 1. The highest BCUT2D eigenvalue weighted by atomic mass is 16.7. The number of primary amides is 1. The molecule has 0 aromatic heterocycles. The molecule has 1 amide bonds. The Morgan fingerprint density at radius 1 is 1.05 bits per heavy atom. The van der Waals surface area contributed by atoms with Gasteiger partial charge in [0.2, 0.25) is 5.91 Å². The van der Waals surface area contributed by atoms with Crippen molar-refractivity contribution in [3.63, 3.8) is 0 Å². The predicted octanol–water partition coefficient (Wildman–Crippen LogP) is 3.22. The third-order valence-electron chi connectivity index (χ3n) is 3.17. The standard InChI is InChI=1S/C18H19NO3/c1-13(21-2)22-17-10-8-16(9-11-17)15-6-3-14(4-7-15)5-12-18(19)20/h3-13H,1-2H3,(H2,19,20). The van der Waals surface area contributed by atoms with Crippen LogP contribution in [0.1, 0.15) is 12.5 Å². The molecule has 2 N–H and O–H groups in total. The van der Waals surface area contributed by atoms with Gasteiger partial charge in [-0.15, -0.1) is 0 Å². The Bertz CT molecular complexity index is 645. The molecule has 0 bridgehead atoms. The highest BCUT2D eigenvalue weighted by Gasteiger charge is 2.02. The van der Waals surface area contributed by atoms with E-state index in [9.17, 15) is 4.79 Å². The first-order chi connectivity index (χ1) is 10.6. The molecule has 1 atom stereocenters. The van der Waals surface area contributed by atoms with Crippen molar-refractivity contribution in [1.29, 1.82) is 0 Å². The summed E-state index contributed by atoms with van der Waals surface area (Å²) in [5.74, 6) is 0.309. The molecule has 4 heteroatoms. The molecule has 22 heavy (non-hydrogen) atoms. The van der Waals surface area contributed by atoms with Gasteiger partial charge in [-0.3, -0.25) is 4.79 Å². The summed E-state index contributed by atoms with van der Waals surface area (Å²) in [5.41, 5.74) is 8.17. The maximum absolute atomic E-state index is 10.7. The van der Waals surface area contributed by atoms with Crippen molar-refractivity contribution in [2.45, 2.75) is 13.2 Å². The van der Waals surface area contributed by atoms with E-state index in [0.29, 0.717) is 0 Å². The van der Waals surface area contributed by atoms with Gasteiger partial charge in [0.15, 0.2) is 6.29 Å². The summed E-state index contributed by atoms with van der Waals surface area (Å²) >= 11 is 0. The van der Waals surface area contributed by atoms with E-state index in [4.69, 9.17) is 15.2 Å². The average Bonchev–Trinajstić information content (AvgIpc) is 2.54. The van der Waals surface area contributed by atoms with Gasteiger partial charge in [0.1, 0.15) is 5.75 Å². The van der Waals surface area contributed by atoms with Crippen LogP contribution < -0.4 is 10.5 Å². The van der Waals surface area contributed by atoms with E-state index in [1.54, 1.807) is 13.2 Å². The second-order valence-electron chi connectivity index (χ2n) is 4.80. The van der Waals surface area contributed by atoms with E-state index in [1.807, 2.05) is 55.5 Å². The van der Waals surface area contributed by atoms with Gasteiger partial charge in [-0.25, -0.2) is 0 Å². The van der Waals surface area contributed by atoms with Gasteiger partial charge < -0.3 is 15.2 Å². The molecule has 0 radical (unpaired) electrons. The van der Waals surface area contributed by atoms with Crippen LogP contribution >= 0.6 is 0 Å². The minimum atomic E-state index is -0.454. The lowest BCUT2D eigenvalue weighted by atomic mass is 10.0. The number of hydrogen-bond acceptors (Lipinski definition) is 3. The van der Waals surface area contributed by atoms with Crippen LogP contribution in [-0.2, 0) is 9.53 Å². The lowest BCUT2D eigenvalue weighted by Crippen LogP contribution is -2.13. The van der Waals surface area contributed by atoms with Crippen molar-refractivity contribution in [1.82, 2.24) is 0 Å². The van der Waals surface area contributed by atoms with Gasteiger partial charge in [-0.2, -0.15) is 0 Å². The molecule has 0 saturated heterocycles. The topological polar surface area (TPSA) is 61.6 Å². The van der Waals surface area contributed by atoms with E-state index >= 15 is 0 Å². The van der Waals surface area contributed by atoms with Gasteiger partial charge in [0.05, 0.1) is 0 Å². The van der Waals surface area contributed by atoms with Crippen LogP contribution in [0, 0.1) is 0 Å². The molecule has 114 valence electrons. The molecule has 2 rings (SSSR count). The fourth-order valence-corrected chi connectivity index (χ4v) is 1.93. The Labute approximate surface area is 130 Å². The Balaban J connectivity index is 2.10. The quantitative estimate of drug-likeness (QED) is 0.658. The number of rotatable bonds is 6. The third-order valence-corrected chi connectivity index (χ3v) is 3.17. The molecule has 0 aliphatic carbocycles. The van der Waals surface area contributed by atoms with Crippen molar-refractivity contribution >= 4 is 12.0 Å². The van der Waals surface area contributed by atoms with Crippen LogP contribution in [0.15, 0.2) is 54.6 Å². The van der Waals surface area contributed by atoms with E-state index in [-0.39, 0.29) is 6.29 Å². The van der Waals surface area contributed by atoms with Crippen molar-refractivity contribution < 1.29 is 14.3 Å². The first-order valence-corrected chi connectivity index (χ1v) is 6.96. The van der Waals surface area contributed by atoms with Crippen molar-refractivity contribution in [2.24, 2.45) is 5.73 Å². The van der Waals surface area contributed by atoms with Gasteiger partial charge in [-0.05, 0) is 41.8 Å². The van der Waals surface area contributed by atoms with Crippen LogP contribution in [-0.4, -0.2) is 19.3 Å². The molecule has 0 spiro atoms. The van der Waals surface area contributed by atoms with E-state index in [1.165, 1.54) is 6.08 Å². The first kappa shape index (κ1) is 15.8. The Morgan fingerprint density at radius 2 is 1.59 bits per heavy atom. The molecule has 1 unspecified atom stereocenters. The monoisotopic (exact) mass is 297 g/mol. The SMILES string of the molecule is COC(C)Oc1ccc(-c2ccc(C=CC(N)=O)cc2)cc1. The highest BCUT2D eigenvalue weighted by Crippen LogP contribution is 2.23. The number of amides is 1. The average molecular weight is 297 g/mol. The molecule has 0 fully saturated rings. The fourth-order valence-electron chi connectivity index (χ4n) is 1.93. The molecule has 0 aliphatic rings. The zero-order chi connectivity index (χ0) is 15.9. The number of nitrogens with two attached hydrogens (primary N) is 1. The van der Waals surface area contributed by atoms with Gasteiger partial charge in [-0.1, -0.05) is 36.4 Å². The second kappa shape index (κ2) is 7.43. The zero-order valence-corrected chi connectivity index (χ0v) is 12.7. The van der Waals surface area contributed by atoms with Gasteiger partial charge in [0, 0.05) is 13.2 Å². The van der Waals surface area contributed by atoms with Gasteiger partial charge in [0.25, 0.3) is 0 Å². The van der Waals surface area contributed by atoms with Crippen molar-refractivity contribution in [3.8, 4) is 16.9 Å². The van der Waals surface area contributed by atoms with Crippen LogP contribution in [0.3, 0.4) is 0 Å². The molecule has 0 aliphatic heterocycles. The molecular formula is C18H19NO3. The minimum Gasteiger partial charge on any atom is -0.465 e. The van der Waals surface area contributed by atoms with Crippen molar-refractivity contribution in [3.05, 3.63) is 60.2 Å². The van der Waals surface area contributed by atoms with E-state index in [2.05, 4.69) is 0 Å². The normalized spacial score (nSPS) is 12.3. The Morgan fingerprint density at radius 3 is 2.09 bits per heavy atom. The van der Waals surface area contributed by atoms with E-state index in [0.717, 1.165) is 22.4 Å². The van der Waals surface area contributed by atoms with Gasteiger partial charge >= 0.3 is 0 Å². The summed E-state index contributed by atoms with van der Waals surface area (Å²) in [6.45, 7) is 1.84. The fraction of sp³-hybridized carbons (Fsp3) is 0.167. The predicted molar refractivity (Wildman–Crippen MR) is 87.2 cm³/mol.